The van der Waals surface area contributed by atoms with E-state index in [-0.39, 0.29) is 0 Å². The Balaban J connectivity index is 2.23. The number of allylic oxidation sites excluding steroid dienone is 1. The van der Waals surface area contributed by atoms with Crippen molar-refractivity contribution in [2.24, 2.45) is 0 Å². The van der Waals surface area contributed by atoms with Gasteiger partial charge in [0.25, 0.3) is 0 Å². The Hall–Kier alpha value is -1.34. The van der Waals surface area contributed by atoms with Gasteiger partial charge in [0.15, 0.2) is 0 Å². The van der Waals surface area contributed by atoms with Gasteiger partial charge in [0, 0.05) is 4.47 Å². The van der Waals surface area contributed by atoms with Crippen molar-refractivity contribution >= 4 is 22.0 Å². The number of benzene rings is 2. The van der Waals surface area contributed by atoms with Crippen LogP contribution in [0.5, 0.6) is 0 Å². The molecule has 0 saturated carbocycles. The van der Waals surface area contributed by atoms with Crippen molar-refractivity contribution in [1.82, 2.24) is 0 Å². The van der Waals surface area contributed by atoms with Crippen LogP contribution in [-0.4, -0.2) is 0 Å². The molecule has 1 heteroatoms. The average molecular weight is 313 g/mol. The van der Waals surface area contributed by atoms with E-state index >= 15 is 0 Å². The van der Waals surface area contributed by atoms with Gasteiger partial charge in [-0.1, -0.05) is 42.0 Å². The largest absolute Gasteiger partial charge is 0.0683 e. The topological polar surface area (TPSA) is 0 Å². The Morgan fingerprint density at radius 3 is 2.53 bits per heavy atom. The molecule has 0 spiro atoms. The van der Waals surface area contributed by atoms with E-state index in [4.69, 9.17) is 0 Å². The summed E-state index contributed by atoms with van der Waals surface area (Å²) in [5, 5.41) is 0. The Bertz CT molecular complexity index is 693. The Kier molecular flexibility index (Phi) is 3.10. The molecule has 0 nitrogen and oxygen atoms in total. The maximum Gasteiger partial charge on any atom is 0.0329 e. The highest BCUT2D eigenvalue weighted by atomic mass is 79.9. The van der Waals surface area contributed by atoms with Crippen LogP contribution in [0.1, 0.15) is 29.2 Å². The van der Waals surface area contributed by atoms with E-state index in [9.17, 15) is 0 Å². The van der Waals surface area contributed by atoms with E-state index in [0.717, 1.165) is 6.42 Å². The lowest BCUT2D eigenvalue weighted by Gasteiger charge is -2.13. The molecule has 19 heavy (non-hydrogen) atoms. The highest BCUT2D eigenvalue weighted by Crippen LogP contribution is 2.39. The second-order valence-electron chi connectivity index (χ2n) is 5.41. The molecule has 3 rings (SSSR count). The van der Waals surface area contributed by atoms with Crippen molar-refractivity contribution < 1.29 is 0 Å². The van der Waals surface area contributed by atoms with Crippen LogP contribution in [-0.2, 0) is 6.42 Å². The minimum absolute atomic E-state index is 1.08. The normalized spacial score (nSPS) is 13.4. The summed E-state index contributed by atoms with van der Waals surface area (Å²) in [6, 6.07) is 11.0. The first-order chi connectivity index (χ1) is 9.08. The third kappa shape index (κ3) is 2.06. The van der Waals surface area contributed by atoms with Crippen molar-refractivity contribution in [2.75, 3.05) is 0 Å². The highest BCUT2D eigenvalue weighted by Gasteiger charge is 2.17. The van der Waals surface area contributed by atoms with Gasteiger partial charge in [0.1, 0.15) is 0 Å². The number of hydrogen-bond acceptors (Lipinski definition) is 0. The molecule has 0 N–H and O–H groups in total. The van der Waals surface area contributed by atoms with E-state index in [1.807, 2.05) is 0 Å². The molecule has 0 saturated heterocycles. The van der Waals surface area contributed by atoms with Crippen molar-refractivity contribution in [1.29, 1.82) is 0 Å². The number of hydrogen-bond donors (Lipinski definition) is 0. The Labute approximate surface area is 123 Å². The zero-order valence-corrected chi connectivity index (χ0v) is 13.1. The second-order valence-corrected chi connectivity index (χ2v) is 6.21. The van der Waals surface area contributed by atoms with Gasteiger partial charge in [-0.05, 0) is 76.5 Å². The quantitative estimate of drug-likeness (QED) is 0.634. The maximum atomic E-state index is 3.81. The molecule has 0 fully saturated rings. The molecular formula is C18H17Br. The van der Waals surface area contributed by atoms with Gasteiger partial charge in [-0.25, -0.2) is 0 Å². The summed E-state index contributed by atoms with van der Waals surface area (Å²) in [7, 11) is 0. The molecule has 0 unspecified atom stereocenters. The van der Waals surface area contributed by atoms with Crippen LogP contribution in [0.2, 0.25) is 0 Å². The predicted octanol–water partition coefficient (Wildman–Crippen LogP) is 5.69. The standard InChI is InChI=1S/C18H17Br/c1-11-9-14-7-8-16(18(19)17(14)10-11)15-6-4-5-12(2)13(15)3/h4-8,10H,9H2,1-3H3. The lowest BCUT2D eigenvalue weighted by Crippen LogP contribution is -1.91. The molecule has 0 aromatic heterocycles. The molecule has 2 aromatic rings. The lowest BCUT2D eigenvalue weighted by atomic mass is 9.95. The van der Waals surface area contributed by atoms with Gasteiger partial charge in [0.05, 0.1) is 0 Å². The average Bonchev–Trinajstić information content (AvgIpc) is 2.76. The van der Waals surface area contributed by atoms with E-state index in [1.165, 1.54) is 43.4 Å². The fraction of sp³-hybridized carbons (Fsp3) is 0.222. The molecule has 0 bridgehead atoms. The van der Waals surface area contributed by atoms with Crippen LogP contribution in [0.4, 0.5) is 0 Å². The van der Waals surface area contributed by atoms with E-state index in [1.54, 1.807) is 0 Å². The summed E-state index contributed by atoms with van der Waals surface area (Å²) in [5.74, 6) is 0. The van der Waals surface area contributed by atoms with Crippen LogP contribution in [0, 0.1) is 13.8 Å². The van der Waals surface area contributed by atoms with Gasteiger partial charge in [-0.3, -0.25) is 0 Å². The summed E-state index contributed by atoms with van der Waals surface area (Å²) in [6.45, 7) is 6.57. The summed E-state index contributed by atoms with van der Waals surface area (Å²) in [5.41, 5.74) is 9.56. The molecule has 2 aromatic carbocycles. The number of halogens is 1. The SMILES string of the molecule is CC1=Cc2c(ccc(-c3cccc(C)c3C)c2Br)C1. The Morgan fingerprint density at radius 2 is 1.74 bits per heavy atom. The Morgan fingerprint density at radius 1 is 0.947 bits per heavy atom. The first kappa shape index (κ1) is 12.7. The maximum absolute atomic E-state index is 3.81. The predicted molar refractivity (Wildman–Crippen MR) is 86.4 cm³/mol. The molecule has 1 aliphatic carbocycles. The van der Waals surface area contributed by atoms with Gasteiger partial charge in [-0.15, -0.1) is 0 Å². The third-order valence-corrected chi connectivity index (χ3v) is 4.88. The third-order valence-electron chi connectivity index (χ3n) is 4.02. The van der Waals surface area contributed by atoms with E-state index < -0.39 is 0 Å². The van der Waals surface area contributed by atoms with E-state index in [0.29, 0.717) is 0 Å². The minimum atomic E-state index is 1.08. The zero-order valence-electron chi connectivity index (χ0n) is 11.5. The van der Waals surface area contributed by atoms with Gasteiger partial charge in [-0.2, -0.15) is 0 Å². The molecule has 0 atom stereocenters. The monoisotopic (exact) mass is 312 g/mol. The summed E-state index contributed by atoms with van der Waals surface area (Å²) < 4.78 is 1.23. The fourth-order valence-electron chi connectivity index (χ4n) is 2.79. The van der Waals surface area contributed by atoms with Crippen LogP contribution >= 0.6 is 15.9 Å². The first-order valence-electron chi connectivity index (χ1n) is 6.63. The van der Waals surface area contributed by atoms with Crippen LogP contribution in [0.25, 0.3) is 17.2 Å². The molecule has 0 amide bonds. The smallest absolute Gasteiger partial charge is 0.0329 e. The van der Waals surface area contributed by atoms with Crippen molar-refractivity contribution in [3.63, 3.8) is 0 Å². The summed E-state index contributed by atoms with van der Waals surface area (Å²) in [4.78, 5) is 0. The van der Waals surface area contributed by atoms with Crippen LogP contribution in [0.3, 0.4) is 0 Å². The molecule has 0 radical (unpaired) electrons. The van der Waals surface area contributed by atoms with Crippen molar-refractivity contribution in [3.05, 3.63) is 62.6 Å². The minimum Gasteiger partial charge on any atom is -0.0683 e. The fourth-order valence-corrected chi connectivity index (χ4v) is 3.51. The highest BCUT2D eigenvalue weighted by molar-refractivity contribution is 9.10. The number of aryl methyl sites for hydroxylation is 1. The second kappa shape index (κ2) is 4.64. The number of fused-ring (bicyclic) bond motifs is 1. The van der Waals surface area contributed by atoms with Gasteiger partial charge < -0.3 is 0 Å². The van der Waals surface area contributed by atoms with E-state index in [2.05, 4.69) is 73.1 Å². The van der Waals surface area contributed by atoms with Crippen LogP contribution in [0.15, 0.2) is 40.4 Å². The lowest BCUT2D eigenvalue weighted by molar-refractivity contribution is 1.19. The van der Waals surface area contributed by atoms with Gasteiger partial charge in [0.2, 0.25) is 0 Å². The molecule has 96 valence electrons. The van der Waals surface area contributed by atoms with Gasteiger partial charge >= 0.3 is 0 Å². The first-order valence-corrected chi connectivity index (χ1v) is 7.42. The zero-order chi connectivity index (χ0) is 13.6. The van der Waals surface area contributed by atoms with Crippen molar-refractivity contribution in [3.8, 4) is 11.1 Å². The summed E-state index contributed by atoms with van der Waals surface area (Å²) in [6.07, 6.45) is 3.38. The summed E-state index contributed by atoms with van der Waals surface area (Å²) >= 11 is 3.81. The molecular weight excluding hydrogens is 296 g/mol. The molecule has 1 aliphatic rings. The molecule has 0 heterocycles. The number of rotatable bonds is 1. The van der Waals surface area contributed by atoms with Crippen molar-refractivity contribution in [2.45, 2.75) is 27.2 Å². The van der Waals surface area contributed by atoms with Crippen LogP contribution < -0.4 is 0 Å². The molecule has 0 aliphatic heterocycles.